The molecule has 1 N–H and O–H groups in total. The predicted molar refractivity (Wildman–Crippen MR) is 39.8 cm³/mol. The van der Waals surface area contributed by atoms with Crippen LogP contribution in [-0.4, -0.2) is 26.2 Å². The lowest BCUT2D eigenvalue weighted by Gasteiger charge is -2.00. The van der Waals surface area contributed by atoms with Crippen molar-refractivity contribution in [3.05, 3.63) is 0 Å². The van der Waals surface area contributed by atoms with E-state index in [1.807, 2.05) is 6.92 Å². The number of methoxy groups -OCH3 is 1. The van der Waals surface area contributed by atoms with Crippen LogP contribution in [-0.2, 0) is 9.53 Å². The van der Waals surface area contributed by atoms with Gasteiger partial charge in [-0.25, -0.2) is 0 Å². The lowest BCUT2D eigenvalue weighted by atomic mass is 10.4. The van der Waals surface area contributed by atoms with Gasteiger partial charge >= 0.3 is 0 Å². The Hall–Kier alpha value is -0.570. The molecule has 0 aromatic rings. The first kappa shape index (κ1) is 9.43. The van der Waals surface area contributed by atoms with E-state index in [0.29, 0.717) is 13.0 Å². The van der Waals surface area contributed by atoms with Crippen LogP contribution in [0.5, 0.6) is 0 Å². The van der Waals surface area contributed by atoms with Gasteiger partial charge in [0.25, 0.3) is 0 Å². The first-order valence-corrected chi connectivity index (χ1v) is 3.57. The van der Waals surface area contributed by atoms with Crippen molar-refractivity contribution in [3.63, 3.8) is 0 Å². The second-order valence-electron chi connectivity index (χ2n) is 2.09. The van der Waals surface area contributed by atoms with Gasteiger partial charge in [-0.3, -0.25) is 4.79 Å². The van der Waals surface area contributed by atoms with Crippen molar-refractivity contribution < 1.29 is 9.53 Å². The highest BCUT2D eigenvalue weighted by molar-refractivity contribution is 5.75. The lowest BCUT2D eigenvalue weighted by molar-refractivity contribution is -0.121. The van der Waals surface area contributed by atoms with Crippen LogP contribution >= 0.6 is 0 Å². The summed E-state index contributed by atoms with van der Waals surface area (Å²) in [6.45, 7) is 3.30. The SMILES string of the molecule is CCCNC(=O)CCOC. The minimum absolute atomic E-state index is 0.0729. The molecule has 0 aliphatic rings. The van der Waals surface area contributed by atoms with Gasteiger partial charge in [0.2, 0.25) is 5.91 Å². The molecular formula is C7H15NO2. The Morgan fingerprint density at radius 3 is 2.80 bits per heavy atom. The van der Waals surface area contributed by atoms with Crippen LogP contribution in [0.1, 0.15) is 19.8 Å². The summed E-state index contributed by atoms with van der Waals surface area (Å²) < 4.78 is 4.73. The third-order valence-corrected chi connectivity index (χ3v) is 1.11. The molecule has 10 heavy (non-hydrogen) atoms. The molecule has 0 aromatic heterocycles. The van der Waals surface area contributed by atoms with Crippen LogP contribution in [0, 0.1) is 0 Å². The highest BCUT2D eigenvalue weighted by Gasteiger charge is 1.96. The molecule has 1 amide bonds. The van der Waals surface area contributed by atoms with Crippen molar-refractivity contribution in [1.29, 1.82) is 0 Å². The predicted octanol–water partition coefficient (Wildman–Crippen LogP) is 0.549. The van der Waals surface area contributed by atoms with E-state index in [9.17, 15) is 4.79 Å². The molecule has 0 unspecified atom stereocenters. The fourth-order valence-electron chi connectivity index (χ4n) is 0.548. The summed E-state index contributed by atoms with van der Waals surface area (Å²) in [6, 6.07) is 0. The number of rotatable bonds is 5. The van der Waals surface area contributed by atoms with Crippen molar-refractivity contribution >= 4 is 5.91 Å². The number of amides is 1. The maximum atomic E-state index is 10.8. The molecule has 0 atom stereocenters. The van der Waals surface area contributed by atoms with E-state index < -0.39 is 0 Å². The van der Waals surface area contributed by atoms with E-state index >= 15 is 0 Å². The summed E-state index contributed by atoms with van der Waals surface area (Å²) in [4.78, 5) is 10.8. The molecule has 0 bridgehead atoms. The molecule has 0 aliphatic carbocycles. The molecular weight excluding hydrogens is 130 g/mol. The zero-order valence-electron chi connectivity index (χ0n) is 6.64. The smallest absolute Gasteiger partial charge is 0.222 e. The Morgan fingerprint density at radius 1 is 1.60 bits per heavy atom. The number of nitrogens with one attached hydrogen (secondary N) is 1. The molecule has 0 spiro atoms. The maximum Gasteiger partial charge on any atom is 0.222 e. The maximum absolute atomic E-state index is 10.8. The Bertz CT molecular complexity index is 83.6. The minimum Gasteiger partial charge on any atom is -0.384 e. The van der Waals surface area contributed by atoms with E-state index in [1.54, 1.807) is 7.11 Å². The zero-order chi connectivity index (χ0) is 7.82. The summed E-state index contributed by atoms with van der Waals surface area (Å²) in [5.41, 5.74) is 0. The zero-order valence-corrected chi connectivity index (χ0v) is 6.64. The summed E-state index contributed by atoms with van der Waals surface area (Å²) >= 11 is 0. The van der Waals surface area contributed by atoms with Crippen LogP contribution < -0.4 is 5.32 Å². The van der Waals surface area contributed by atoms with E-state index in [1.165, 1.54) is 0 Å². The van der Waals surface area contributed by atoms with Crippen molar-refractivity contribution in [2.45, 2.75) is 19.8 Å². The summed E-state index contributed by atoms with van der Waals surface area (Å²) in [5, 5.41) is 2.75. The second-order valence-corrected chi connectivity index (χ2v) is 2.09. The number of hydrogen-bond acceptors (Lipinski definition) is 2. The molecule has 0 saturated carbocycles. The molecule has 0 fully saturated rings. The lowest BCUT2D eigenvalue weighted by Crippen LogP contribution is -2.24. The van der Waals surface area contributed by atoms with Gasteiger partial charge in [0.15, 0.2) is 0 Å². The highest BCUT2D eigenvalue weighted by atomic mass is 16.5. The molecule has 0 heterocycles. The number of hydrogen-bond donors (Lipinski definition) is 1. The van der Waals surface area contributed by atoms with Gasteiger partial charge in [-0.15, -0.1) is 0 Å². The first-order valence-electron chi connectivity index (χ1n) is 3.57. The van der Waals surface area contributed by atoms with Crippen LogP contribution in [0.4, 0.5) is 0 Å². The normalized spacial score (nSPS) is 9.40. The molecule has 0 radical (unpaired) electrons. The van der Waals surface area contributed by atoms with Gasteiger partial charge in [-0.1, -0.05) is 6.92 Å². The Labute approximate surface area is 61.8 Å². The van der Waals surface area contributed by atoms with Gasteiger partial charge in [0.1, 0.15) is 0 Å². The minimum atomic E-state index is 0.0729. The van der Waals surface area contributed by atoms with E-state index in [4.69, 9.17) is 4.74 Å². The first-order chi connectivity index (χ1) is 4.81. The number of carbonyl (C=O) groups is 1. The molecule has 3 heteroatoms. The van der Waals surface area contributed by atoms with E-state index in [0.717, 1.165) is 13.0 Å². The van der Waals surface area contributed by atoms with Gasteiger partial charge in [-0.05, 0) is 6.42 Å². The molecule has 60 valence electrons. The standard InChI is InChI=1S/C7H15NO2/c1-3-5-8-7(9)4-6-10-2/h3-6H2,1-2H3,(H,8,9). The second kappa shape index (κ2) is 6.55. The third kappa shape index (κ3) is 5.56. The fourth-order valence-corrected chi connectivity index (χ4v) is 0.548. The Balaban J connectivity index is 3.09. The number of ether oxygens (including phenoxy) is 1. The van der Waals surface area contributed by atoms with Crippen molar-refractivity contribution in [3.8, 4) is 0 Å². The van der Waals surface area contributed by atoms with Gasteiger partial charge in [0, 0.05) is 20.1 Å². The summed E-state index contributed by atoms with van der Waals surface area (Å²) in [6.07, 6.45) is 1.45. The van der Waals surface area contributed by atoms with Crippen LogP contribution in [0.15, 0.2) is 0 Å². The van der Waals surface area contributed by atoms with Gasteiger partial charge in [-0.2, -0.15) is 0 Å². The van der Waals surface area contributed by atoms with E-state index in [2.05, 4.69) is 5.32 Å². The van der Waals surface area contributed by atoms with Crippen molar-refractivity contribution in [2.75, 3.05) is 20.3 Å². The average molecular weight is 145 g/mol. The molecule has 0 aromatic carbocycles. The Kier molecular flexibility index (Phi) is 6.18. The van der Waals surface area contributed by atoms with Crippen LogP contribution in [0.3, 0.4) is 0 Å². The summed E-state index contributed by atoms with van der Waals surface area (Å²) in [7, 11) is 1.59. The van der Waals surface area contributed by atoms with Crippen LogP contribution in [0.2, 0.25) is 0 Å². The largest absolute Gasteiger partial charge is 0.384 e. The average Bonchev–Trinajstić information content (AvgIpc) is 1.97. The van der Waals surface area contributed by atoms with Crippen molar-refractivity contribution in [1.82, 2.24) is 5.32 Å². The third-order valence-electron chi connectivity index (χ3n) is 1.11. The Morgan fingerprint density at radius 2 is 2.30 bits per heavy atom. The van der Waals surface area contributed by atoms with Gasteiger partial charge < -0.3 is 10.1 Å². The molecule has 0 aliphatic heterocycles. The highest BCUT2D eigenvalue weighted by Crippen LogP contribution is 1.80. The topological polar surface area (TPSA) is 38.3 Å². The van der Waals surface area contributed by atoms with Gasteiger partial charge in [0.05, 0.1) is 6.61 Å². The molecule has 0 rings (SSSR count). The molecule has 0 saturated heterocycles. The quantitative estimate of drug-likeness (QED) is 0.613. The monoisotopic (exact) mass is 145 g/mol. The van der Waals surface area contributed by atoms with E-state index in [-0.39, 0.29) is 5.91 Å². The van der Waals surface area contributed by atoms with Crippen LogP contribution in [0.25, 0.3) is 0 Å². The fraction of sp³-hybridized carbons (Fsp3) is 0.857. The molecule has 3 nitrogen and oxygen atoms in total. The summed E-state index contributed by atoms with van der Waals surface area (Å²) in [5.74, 6) is 0.0729. The van der Waals surface area contributed by atoms with Crippen molar-refractivity contribution in [2.24, 2.45) is 0 Å². The number of carbonyl (C=O) groups excluding carboxylic acids is 1.